The first-order valence-corrected chi connectivity index (χ1v) is 8.57. The Morgan fingerprint density at radius 3 is 2.80 bits per heavy atom. The van der Waals surface area contributed by atoms with Crippen molar-refractivity contribution >= 4 is 11.6 Å². The fourth-order valence-corrected chi connectivity index (χ4v) is 3.72. The van der Waals surface area contributed by atoms with Gasteiger partial charge < -0.3 is 4.90 Å². The summed E-state index contributed by atoms with van der Waals surface area (Å²) in [5.41, 5.74) is 5.76. The van der Waals surface area contributed by atoms with Gasteiger partial charge in [-0.2, -0.15) is 5.10 Å². The highest BCUT2D eigenvalue weighted by molar-refractivity contribution is 5.95. The minimum absolute atomic E-state index is 0.0135. The van der Waals surface area contributed by atoms with Gasteiger partial charge in [-0.05, 0) is 50.8 Å². The predicted molar refractivity (Wildman–Crippen MR) is 96.6 cm³/mol. The van der Waals surface area contributed by atoms with Gasteiger partial charge in [-0.3, -0.25) is 4.79 Å². The normalized spacial score (nSPS) is 16.1. The summed E-state index contributed by atoms with van der Waals surface area (Å²) in [7, 11) is 0. The molecular formula is C20H22N4O. The summed E-state index contributed by atoms with van der Waals surface area (Å²) in [5, 5.41) is 4.22. The molecule has 0 saturated heterocycles. The van der Waals surface area contributed by atoms with E-state index >= 15 is 0 Å². The first kappa shape index (κ1) is 15.8. The van der Waals surface area contributed by atoms with Gasteiger partial charge in [0.25, 0.3) is 5.91 Å². The lowest BCUT2D eigenvalue weighted by Crippen LogP contribution is -2.51. The molecule has 0 unspecified atom stereocenters. The van der Waals surface area contributed by atoms with Gasteiger partial charge >= 0.3 is 0 Å². The van der Waals surface area contributed by atoms with Crippen molar-refractivity contribution < 1.29 is 4.79 Å². The van der Waals surface area contributed by atoms with E-state index in [-0.39, 0.29) is 11.4 Å². The zero-order chi connectivity index (χ0) is 17.8. The largest absolute Gasteiger partial charge is 0.329 e. The molecule has 1 amide bonds. The van der Waals surface area contributed by atoms with Crippen LogP contribution in [0, 0.1) is 13.8 Å². The number of amides is 1. The van der Waals surface area contributed by atoms with E-state index in [1.807, 2.05) is 17.9 Å². The highest BCUT2D eigenvalue weighted by Gasteiger charge is 2.37. The fourth-order valence-electron chi connectivity index (χ4n) is 3.72. The number of rotatable bonds is 1. The van der Waals surface area contributed by atoms with Gasteiger partial charge in [-0.1, -0.05) is 18.2 Å². The Hall–Kier alpha value is -2.69. The van der Waals surface area contributed by atoms with Gasteiger partial charge in [0.2, 0.25) is 0 Å². The highest BCUT2D eigenvalue weighted by atomic mass is 16.2. The third-order valence-corrected chi connectivity index (χ3v) is 5.22. The van der Waals surface area contributed by atoms with Crippen LogP contribution in [0.5, 0.6) is 0 Å². The third kappa shape index (κ3) is 2.51. The van der Waals surface area contributed by atoms with Crippen molar-refractivity contribution in [2.24, 2.45) is 0 Å². The molecule has 3 aromatic rings. The molecule has 1 aliphatic rings. The molecule has 0 spiro atoms. The van der Waals surface area contributed by atoms with Crippen LogP contribution < -0.4 is 0 Å². The molecule has 25 heavy (non-hydrogen) atoms. The van der Waals surface area contributed by atoms with Gasteiger partial charge in [0, 0.05) is 24.3 Å². The number of hydrogen-bond donors (Lipinski definition) is 0. The number of carbonyl (C=O) groups is 1. The lowest BCUT2D eigenvalue weighted by atomic mass is 9.83. The molecule has 128 valence electrons. The monoisotopic (exact) mass is 334 g/mol. The Balaban J connectivity index is 1.77. The second-order valence-corrected chi connectivity index (χ2v) is 7.47. The molecule has 5 heteroatoms. The summed E-state index contributed by atoms with van der Waals surface area (Å²) in [6.07, 6.45) is 4.35. The van der Waals surface area contributed by atoms with Gasteiger partial charge in [0.15, 0.2) is 5.65 Å². The first-order valence-electron chi connectivity index (χ1n) is 8.57. The number of hydrogen-bond acceptors (Lipinski definition) is 3. The molecule has 0 saturated carbocycles. The second-order valence-electron chi connectivity index (χ2n) is 7.47. The molecule has 0 atom stereocenters. The van der Waals surface area contributed by atoms with Crippen LogP contribution in [0.4, 0.5) is 0 Å². The van der Waals surface area contributed by atoms with Crippen molar-refractivity contribution in [3.8, 4) is 0 Å². The molecule has 0 N–H and O–H groups in total. The molecule has 0 aliphatic carbocycles. The number of fused-ring (bicyclic) bond motifs is 2. The van der Waals surface area contributed by atoms with Crippen molar-refractivity contribution in [2.45, 2.75) is 46.2 Å². The van der Waals surface area contributed by atoms with Crippen LogP contribution in [0.15, 0.2) is 36.7 Å². The zero-order valence-electron chi connectivity index (χ0n) is 15.1. The summed E-state index contributed by atoms with van der Waals surface area (Å²) >= 11 is 0. The van der Waals surface area contributed by atoms with E-state index in [0.717, 1.165) is 17.8 Å². The van der Waals surface area contributed by atoms with Crippen LogP contribution in [0.1, 0.15) is 46.6 Å². The summed E-state index contributed by atoms with van der Waals surface area (Å²) in [5.74, 6) is 0.0135. The summed E-state index contributed by atoms with van der Waals surface area (Å²) in [4.78, 5) is 19.8. The number of aryl methyl sites for hydroxylation is 2. The van der Waals surface area contributed by atoms with E-state index in [4.69, 9.17) is 0 Å². The summed E-state index contributed by atoms with van der Waals surface area (Å²) < 4.78 is 1.66. The Labute approximate surface area is 147 Å². The van der Waals surface area contributed by atoms with Gasteiger partial charge in [-0.15, -0.1) is 0 Å². The van der Waals surface area contributed by atoms with Crippen LogP contribution in [-0.4, -0.2) is 30.9 Å². The van der Waals surface area contributed by atoms with Crippen LogP contribution in [0.25, 0.3) is 5.65 Å². The van der Waals surface area contributed by atoms with Crippen molar-refractivity contribution in [1.29, 1.82) is 0 Å². The molecular weight excluding hydrogens is 312 g/mol. The van der Waals surface area contributed by atoms with Gasteiger partial charge in [-0.25, -0.2) is 9.50 Å². The van der Waals surface area contributed by atoms with Gasteiger partial charge in [0.1, 0.15) is 0 Å². The van der Waals surface area contributed by atoms with Gasteiger partial charge in [0.05, 0.1) is 17.5 Å². The van der Waals surface area contributed by atoms with Crippen molar-refractivity contribution in [3.05, 3.63) is 64.6 Å². The zero-order valence-corrected chi connectivity index (χ0v) is 15.1. The quantitative estimate of drug-likeness (QED) is 0.686. The molecule has 0 radical (unpaired) electrons. The molecule has 4 rings (SSSR count). The van der Waals surface area contributed by atoms with Crippen molar-refractivity contribution in [3.63, 3.8) is 0 Å². The van der Waals surface area contributed by atoms with Crippen molar-refractivity contribution in [2.75, 3.05) is 0 Å². The average Bonchev–Trinajstić information content (AvgIpc) is 3.00. The van der Waals surface area contributed by atoms with Crippen LogP contribution in [0.2, 0.25) is 0 Å². The first-order chi connectivity index (χ1) is 11.9. The van der Waals surface area contributed by atoms with Crippen molar-refractivity contribution in [1.82, 2.24) is 19.5 Å². The van der Waals surface area contributed by atoms with E-state index in [9.17, 15) is 4.79 Å². The highest BCUT2D eigenvalue weighted by Crippen LogP contribution is 2.33. The summed E-state index contributed by atoms with van der Waals surface area (Å²) in [6, 6.07) is 8.18. The molecule has 0 fully saturated rings. The maximum absolute atomic E-state index is 13.3. The molecule has 5 nitrogen and oxygen atoms in total. The number of benzene rings is 1. The smallest absolute Gasteiger partial charge is 0.258 e. The lowest BCUT2D eigenvalue weighted by molar-refractivity contribution is 0.0486. The lowest BCUT2D eigenvalue weighted by Gasteiger charge is -2.44. The Morgan fingerprint density at radius 2 is 2.00 bits per heavy atom. The fraction of sp³-hybridized carbons (Fsp3) is 0.350. The Morgan fingerprint density at radius 1 is 1.20 bits per heavy atom. The topological polar surface area (TPSA) is 50.5 Å². The molecule has 1 aliphatic heterocycles. The Bertz CT molecular complexity index is 987. The van der Waals surface area contributed by atoms with Crippen LogP contribution in [-0.2, 0) is 13.0 Å². The molecule has 2 aromatic heterocycles. The van der Waals surface area contributed by atoms with E-state index in [1.165, 1.54) is 16.7 Å². The van der Waals surface area contributed by atoms with E-state index in [2.05, 4.69) is 49.1 Å². The molecule has 0 bridgehead atoms. The van der Waals surface area contributed by atoms with E-state index in [1.54, 1.807) is 16.9 Å². The standard InChI is InChI=1S/C20H22N4O/c1-13-6-5-7-15-11-23(20(3,4)10-16(13)15)19(25)17-12-24-18(8-9-21-24)22-14(17)2/h5-9,12H,10-11H2,1-4H3. The van der Waals surface area contributed by atoms with E-state index < -0.39 is 0 Å². The van der Waals surface area contributed by atoms with E-state index in [0.29, 0.717) is 12.1 Å². The minimum Gasteiger partial charge on any atom is -0.329 e. The minimum atomic E-state index is -0.248. The summed E-state index contributed by atoms with van der Waals surface area (Å²) in [6.45, 7) is 8.92. The second kappa shape index (κ2) is 5.41. The third-order valence-electron chi connectivity index (χ3n) is 5.22. The van der Waals surface area contributed by atoms with Crippen LogP contribution in [0.3, 0.4) is 0 Å². The average molecular weight is 334 g/mol. The van der Waals surface area contributed by atoms with Crippen LogP contribution >= 0.6 is 0 Å². The maximum Gasteiger partial charge on any atom is 0.258 e. The number of aromatic nitrogens is 3. The predicted octanol–water partition coefficient (Wildman–Crippen LogP) is 3.32. The molecule has 3 heterocycles. The number of carbonyl (C=O) groups excluding carboxylic acids is 1. The SMILES string of the molecule is Cc1cccc2c1CC(C)(C)N(C(=O)c1cn3nccc3nc1C)C2. The maximum atomic E-state index is 13.3. The molecule has 1 aromatic carbocycles. The number of nitrogens with zero attached hydrogens (tertiary/aromatic N) is 4. The Kier molecular flexibility index (Phi) is 3.42.